The Hall–Kier alpha value is -1.06. The van der Waals surface area contributed by atoms with E-state index in [1.54, 1.807) is 4.90 Å². The molecular formula is C10H19NO3. The van der Waals surface area contributed by atoms with Crippen molar-refractivity contribution in [1.82, 2.24) is 4.90 Å². The molecule has 0 aromatic carbocycles. The van der Waals surface area contributed by atoms with Crippen molar-refractivity contribution in [3.05, 3.63) is 0 Å². The Morgan fingerprint density at radius 2 is 1.86 bits per heavy atom. The molecule has 0 aromatic heterocycles. The van der Waals surface area contributed by atoms with Crippen molar-refractivity contribution in [2.24, 2.45) is 0 Å². The van der Waals surface area contributed by atoms with Gasteiger partial charge in [-0.25, -0.2) is 0 Å². The molecule has 82 valence electrons. The van der Waals surface area contributed by atoms with Gasteiger partial charge in [-0.15, -0.1) is 0 Å². The lowest BCUT2D eigenvalue weighted by molar-refractivity contribution is -0.143. The average molecular weight is 201 g/mol. The maximum atomic E-state index is 11.1. The lowest BCUT2D eigenvalue weighted by Gasteiger charge is -2.20. The van der Waals surface area contributed by atoms with Gasteiger partial charge in [0.2, 0.25) is 5.91 Å². The third kappa shape index (κ3) is 6.46. The molecule has 14 heavy (non-hydrogen) atoms. The van der Waals surface area contributed by atoms with Crippen LogP contribution in [0.5, 0.6) is 0 Å². The van der Waals surface area contributed by atoms with Crippen LogP contribution in [0.25, 0.3) is 0 Å². The summed E-state index contributed by atoms with van der Waals surface area (Å²) < 4.78 is 4.77. The molecule has 4 heteroatoms. The molecule has 4 nitrogen and oxygen atoms in total. The Labute approximate surface area is 85.2 Å². The average Bonchev–Trinajstić information content (AvgIpc) is 2.09. The van der Waals surface area contributed by atoms with Gasteiger partial charge in [0.25, 0.3) is 0 Å². The maximum absolute atomic E-state index is 11.1. The monoisotopic (exact) mass is 201 g/mol. The second-order valence-corrected chi connectivity index (χ2v) is 3.20. The Morgan fingerprint density at radius 1 is 1.21 bits per heavy atom. The van der Waals surface area contributed by atoms with Gasteiger partial charge in [-0.3, -0.25) is 9.59 Å². The smallest absolute Gasteiger partial charge is 0.302 e. The number of carbonyl (C=O) groups excluding carboxylic acids is 2. The van der Waals surface area contributed by atoms with E-state index in [0.717, 1.165) is 19.4 Å². The van der Waals surface area contributed by atoms with Crippen molar-refractivity contribution >= 4 is 11.9 Å². The molecule has 1 amide bonds. The van der Waals surface area contributed by atoms with Gasteiger partial charge in [-0.1, -0.05) is 13.3 Å². The van der Waals surface area contributed by atoms with Gasteiger partial charge in [0, 0.05) is 20.4 Å². The highest BCUT2D eigenvalue weighted by Gasteiger charge is 2.07. The van der Waals surface area contributed by atoms with Crippen molar-refractivity contribution in [3.8, 4) is 0 Å². The molecule has 0 unspecified atom stereocenters. The molecule has 0 saturated carbocycles. The number of ether oxygens (including phenoxy) is 1. The standard InChI is InChI=1S/C10H19NO3/c1-4-5-6-11(9(2)12)7-8-14-10(3)13/h4-8H2,1-3H3. The highest BCUT2D eigenvalue weighted by Crippen LogP contribution is 1.95. The van der Waals surface area contributed by atoms with Crippen LogP contribution in [-0.4, -0.2) is 36.5 Å². The lowest BCUT2D eigenvalue weighted by atomic mass is 10.3. The summed E-state index contributed by atoms with van der Waals surface area (Å²) in [5.74, 6) is -0.269. The summed E-state index contributed by atoms with van der Waals surface area (Å²) in [6.07, 6.45) is 2.04. The molecule has 0 atom stereocenters. The Kier molecular flexibility index (Phi) is 6.80. The van der Waals surface area contributed by atoms with E-state index in [1.165, 1.54) is 13.8 Å². The van der Waals surface area contributed by atoms with E-state index in [4.69, 9.17) is 4.74 Å². The van der Waals surface area contributed by atoms with E-state index in [-0.39, 0.29) is 11.9 Å². The lowest BCUT2D eigenvalue weighted by Crippen LogP contribution is -2.33. The molecule has 0 radical (unpaired) electrons. The summed E-state index contributed by atoms with van der Waals surface area (Å²) in [5, 5.41) is 0. The van der Waals surface area contributed by atoms with Gasteiger partial charge in [0.15, 0.2) is 0 Å². The summed E-state index contributed by atoms with van der Waals surface area (Å²) >= 11 is 0. The number of esters is 1. The largest absolute Gasteiger partial charge is 0.464 e. The van der Waals surface area contributed by atoms with Crippen molar-refractivity contribution in [2.75, 3.05) is 19.7 Å². The number of hydrogen-bond donors (Lipinski definition) is 0. The fourth-order valence-corrected chi connectivity index (χ4v) is 1.08. The summed E-state index contributed by atoms with van der Waals surface area (Å²) in [7, 11) is 0. The summed E-state index contributed by atoms with van der Waals surface area (Å²) in [6, 6.07) is 0. The maximum Gasteiger partial charge on any atom is 0.302 e. The zero-order valence-corrected chi connectivity index (χ0v) is 9.21. The highest BCUT2D eigenvalue weighted by atomic mass is 16.5. The summed E-state index contributed by atoms with van der Waals surface area (Å²) in [6.45, 7) is 6.50. The van der Waals surface area contributed by atoms with Crippen LogP contribution in [0.1, 0.15) is 33.6 Å². The molecule has 0 spiro atoms. The molecule has 0 bridgehead atoms. The van der Waals surface area contributed by atoms with Gasteiger partial charge in [-0.05, 0) is 6.42 Å². The van der Waals surface area contributed by atoms with Crippen molar-refractivity contribution < 1.29 is 14.3 Å². The second-order valence-electron chi connectivity index (χ2n) is 3.20. The van der Waals surface area contributed by atoms with Crippen LogP contribution in [0.15, 0.2) is 0 Å². The van der Waals surface area contributed by atoms with Crippen LogP contribution >= 0.6 is 0 Å². The van der Waals surface area contributed by atoms with Crippen LogP contribution < -0.4 is 0 Å². The minimum Gasteiger partial charge on any atom is -0.464 e. The SMILES string of the molecule is CCCCN(CCOC(C)=O)C(C)=O. The Balaban J connectivity index is 3.73. The van der Waals surface area contributed by atoms with Crippen molar-refractivity contribution in [1.29, 1.82) is 0 Å². The highest BCUT2D eigenvalue weighted by molar-refractivity contribution is 5.73. The molecule has 0 rings (SSSR count). The number of hydrogen-bond acceptors (Lipinski definition) is 3. The van der Waals surface area contributed by atoms with Gasteiger partial charge < -0.3 is 9.64 Å². The number of rotatable bonds is 6. The molecule has 0 aliphatic rings. The first-order valence-corrected chi connectivity index (χ1v) is 4.96. The Bertz CT molecular complexity index is 192. The van der Waals surface area contributed by atoms with Crippen molar-refractivity contribution in [3.63, 3.8) is 0 Å². The fourth-order valence-electron chi connectivity index (χ4n) is 1.08. The quantitative estimate of drug-likeness (QED) is 0.607. The Morgan fingerprint density at radius 3 is 2.29 bits per heavy atom. The number of nitrogens with zero attached hydrogens (tertiary/aromatic N) is 1. The zero-order chi connectivity index (χ0) is 11.0. The third-order valence-electron chi connectivity index (χ3n) is 1.89. The summed E-state index contributed by atoms with van der Waals surface area (Å²) in [4.78, 5) is 23.3. The molecule has 0 aliphatic heterocycles. The molecule has 0 heterocycles. The molecule has 0 fully saturated rings. The number of amides is 1. The molecule has 0 N–H and O–H groups in total. The topological polar surface area (TPSA) is 46.6 Å². The second kappa shape index (κ2) is 7.35. The van der Waals surface area contributed by atoms with E-state index in [2.05, 4.69) is 6.92 Å². The summed E-state index contributed by atoms with van der Waals surface area (Å²) in [5.41, 5.74) is 0. The molecule has 0 aliphatic carbocycles. The van der Waals surface area contributed by atoms with Crippen LogP contribution in [0.4, 0.5) is 0 Å². The zero-order valence-electron chi connectivity index (χ0n) is 9.21. The van der Waals surface area contributed by atoms with Crippen LogP contribution in [0.2, 0.25) is 0 Å². The number of carbonyl (C=O) groups is 2. The third-order valence-corrected chi connectivity index (χ3v) is 1.89. The van der Waals surface area contributed by atoms with E-state index in [9.17, 15) is 9.59 Å². The first-order chi connectivity index (χ1) is 6.57. The van der Waals surface area contributed by atoms with Gasteiger partial charge in [-0.2, -0.15) is 0 Å². The fraction of sp³-hybridized carbons (Fsp3) is 0.800. The predicted octanol–water partition coefficient (Wildman–Crippen LogP) is 1.20. The predicted molar refractivity (Wildman–Crippen MR) is 53.8 cm³/mol. The van der Waals surface area contributed by atoms with E-state index in [0.29, 0.717) is 13.2 Å². The first kappa shape index (κ1) is 12.9. The minimum atomic E-state index is -0.302. The van der Waals surface area contributed by atoms with E-state index in [1.807, 2.05) is 0 Å². The van der Waals surface area contributed by atoms with Crippen LogP contribution in [0, 0.1) is 0 Å². The normalized spacial score (nSPS) is 9.64. The first-order valence-electron chi connectivity index (χ1n) is 4.96. The number of unbranched alkanes of at least 4 members (excludes halogenated alkanes) is 1. The van der Waals surface area contributed by atoms with Gasteiger partial charge in [0.05, 0.1) is 6.54 Å². The molecular weight excluding hydrogens is 182 g/mol. The van der Waals surface area contributed by atoms with Crippen LogP contribution in [0.3, 0.4) is 0 Å². The van der Waals surface area contributed by atoms with Crippen LogP contribution in [-0.2, 0) is 14.3 Å². The minimum absolute atomic E-state index is 0.0330. The van der Waals surface area contributed by atoms with Gasteiger partial charge in [0.1, 0.15) is 6.61 Å². The van der Waals surface area contributed by atoms with Gasteiger partial charge >= 0.3 is 5.97 Å². The van der Waals surface area contributed by atoms with E-state index < -0.39 is 0 Å². The van der Waals surface area contributed by atoms with Crippen molar-refractivity contribution in [2.45, 2.75) is 33.6 Å². The molecule has 0 saturated heterocycles. The van der Waals surface area contributed by atoms with E-state index >= 15 is 0 Å². The molecule has 0 aromatic rings.